The minimum atomic E-state index is -4.72. The molecule has 0 radical (unpaired) electrons. The van der Waals surface area contributed by atoms with Crippen molar-refractivity contribution in [3.63, 3.8) is 0 Å². The lowest BCUT2D eigenvalue weighted by Gasteiger charge is -2.32. The molecule has 9 heteroatoms. The fourth-order valence-corrected chi connectivity index (χ4v) is 3.88. The van der Waals surface area contributed by atoms with Crippen LogP contribution in [0.5, 0.6) is 0 Å². The maximum absolute atomic E-state index is 13.0. The summed E-state index contributed by atoms with van der Waals surface area (Å²) in [5, 5.41) is 17.2. The third-order valence-electron chi connectivity index (χ3n) is 5.83. The zero-order valence-electron chi connectivity index (χ0n) is 17.0. The zero-order chi connectivity index (χ0) is 22.1. The summed E-state index contributed by atoms with van der Waals surface area (Å²) in [6.45, 7) is 2.68. The van der Waals surface area contributed by atoms with Gasteiger partial charge in [-0.15, -0.1) is 0 Å². The van der Waals surface area contributed by atoms with E-state index in [0.717, 1.165) is 25.7 Å². The van der Waals surface area contributed by atoms with Gasteiger partial charge in [0.05, 0.1) is 6.04 Å². The van der Waals surface area contributed by atoms with E-state index in [1.165, 1.54) is 32.4 Å². The van der Waals surface area contributed by atoms with E-state index < -0.39 is 23.6 Å². The van der Waals surface area contributed by atoms with Gasteiger partial charge in [-0.3, -0.25) is 9.48 Å². The van der Waals surface area contributed by atoms with E-state index in [9.17, 15) is 23.1 Å². The van der Waals surface area contributed by atoms with E-state index in [1.807, 2.05) is 0 Å². The van der Waals surface area contributed by atoms with Crippen LogP contribution in [0.1, 0.15) is 67.9 Å². The summed E-state index contributed by atoms with van der Waals surface area (Å²) in [5.74, 6) is -0.291. The summed E-state index contributed by atoms with van der Waals surface area (Å²) in [6.07, 6.45) is -0.162. The molecule has 0 spiro atoms. The molecule has 0 bridgehead atoms. The number of carbonyl (C=O) groups excluding carboxylic acids is 1. The number of nitrogens with zero attached hydrogens (tertiary/aromatic N) is 2. The first-order chi connectivity index (χ1) is 14.0. The van der Waals surface area contributed by atoms with E-state index >= 15 is 0 Å². The number of halogens is 3. The molecule has 1 atom stereocenters. The lowest BCUT2D eigenvalue weighted by Crippen LogP contribution is -2.44. The van der Waals surface area contributed by atoms with Crippen molar-refractivity contribution in [1.29, 1.82) is 0 Å². The Kier molecular flexibility index (Phi) is 6.12. The van der Waals surface area contributed by atoms with Crippen LogP contribution in [0.3, 0.4) is 0 Å². The molecule has 1 aliphatic carbocycles. The van der Waals surface area contributed by atoms with Crippen LogP contribution in [0.4, 0.5) is 24.7 Å². The maximum atomic E-state index is 13.0. The van der Waals surface area contributed by atoms with E-state index in [-0.39, 0.29) is 11.6 Å². The van der Waals surface area contributed by atoms with Crippen molar-refractivity contribution in [1.82, 2.24) is 9.78 Å². The Morgan fingerprint density at radius 3 is 2.33 bits per heavy atom. The number of alkyl halides is 3. The highest BCUT2D eigenvalue weighted by atomic mass is 19.4. The Labute approximate surface area is 173 Å². The van der Waals surface area contributed by atoms with Crippen LogP contribution in [0.2, 0.25) is 0 Å². The second-order valence-corrected chi connectivity index (χ2v) is 8.40. The van der Waals surface area contributed by atoms with Gasteiger partial charge in [-0.05, 0) is 30.5 Å². The summed E-state index contributed by atoms with van der Waals surface area (Å²) < 4.78 is 40.6. The number of primary amides is 1. The number of carbonyl (C=O) groups is 1. The molecule has 1 unspecified atom stereocenters. The summed E-state index contributed by atoms with van der Waals surface area (Å²) >= 11 is 0. The standard InChI is InChI=1S/C21H27F3N4O2/c1-20(2,19(30)21(22,23)24)13-8-10-14(11-9-13)26-18-16(17(25)29)12-28(27-18)15-6-4-3-5-7-15/h8-12,15,19,30H,3-7H2,1-2H3,(H2,25,29)(H,26,27). The number of anilines is 2. The van der Waals surface area contributed by atoms with Gasteiger partial charge in [0.1, 0.15) is 5.56 Å². The fraction of sp³-hybridized carbons (Fsp3) is 0.524. The van der Waals surface area contributed by atoms with E-state index in [1.54, 1.807) is 23.0 Å². The number of aliphatic hydroxyl groups excluding tert-OH is 1. The summed E-state index contributed by atoms with van der Waals surface area (Å²) in [7, 11) is 0. The van der Waals surface area contributed by atoms with Gasteiger partial charge < -0.3 is 16.2 Å². The van der Waals surface area contributed by atoms with Crippen molar-refractivity contribution < 1.29 is 23.1 Å². The fourth-order valence-electron chi connectivity index (χ4n) is 3.88. The molecule has 1 fully saturated rings. The topological polar surface area (TPSA) is 93.2 Å². The highest BCUT2D eigenvalue weighted by molar-refractivity contribution is 5.98. The Hall–Kier alpha value is -2.55. The van der Waals surface area contributed by atoms with E-state index in [0.29, 0.717) is 17.1 Å². The molecule has 2 aromatic rings. The number of rotatable bonds is 6. The van der Waals surface area contributed by atoms with Gasteiger partial charge in [-0.25, -0.2) is 0 Å². The first kappa shape index (κ1) is 22.1. The molecule has 1 aromatic heterocycles. The van der Waals surface area contributed by atoms with Gasteiger partial charge in [0.15, 0.2) is 11.9 Å². The molecule has 4 N–H and O–H groups in total. The normalized spacial score (nSPS) is 17.0. The summed E-state index contributed by atoms with van der Waals surface area (Å²) in [6, 6.07) is 6.42. The second kappa shape index (κ2) is 8.29. The average Bonchev–Trinajstić information content (AvgIpc) is 3.12. The van der Waals surface area contributed by atoms with Gasteiger partial charge >= 0.3 is 6.18 Å². The van der Waals surface area contributed by atoms with Gasteiger partial charge in [0, 0.05) is 17.3 Å². The van der Waals surface area contributed by atoms with E-state index in [4.69, 9.17) is 5.73 Å². The number of amides is 1. The number of nitrogens with two attached hydrogens (primary N) is 1. The minimum Gasteiger partial charge on any atom is -0.383 e. The van der Waals surface area contributed by atoms with Crippen LogP contribution in [0, 0.1) is 0 Å². The smallest absolute Gasteiger partial charge is 0.383 e. The molecule has 1 aliphatic rings. The molecule has 164 valence electrons. The Bertz CT molecular complexity index is 885. The van der Waals surface area contributed by atoms with Crippen molar-refractivity contribution in [3.05, 3.63) is 41.6 Å². The molecule has 6 nitrogen and oxygen atoms in total. The highest BCUT2D eigenvalue weighted by Gasteiger charge is 2.48. The molecule has 1 aromatic carbocycles. The zero-order valence-corrected chi connectivity index (χ0v) is 17.0. The largest absolute Gasteiger partial charge is 0.415 e. The Balaban J connectivity index is 1.81. The first-order valence-electron chi connectivity index (χ1n) is 10.0. The molecule has 1 heterocycles. The maximum Gasteiger partial charge on any atom is 0.415 e. The number of hydrogen-bond donors (Lipinski definition) is 3. The molecule has 0 aliphatic heterocycles. The van der Waals surface area contributed by atoms with Crippen molar-refractivity contribution in [2.45, 2.75) is 69.7 Å². The van der Waals surface area contributed by atoms with Crippen LogP contribution < -0.4 is 11.1 Å². The van der Waals surface area contributed by atoms with Gasteiger partial charge in [-0.1, -0.05) is 45.2 Å². The predicted octanol–water partition coefficient (Wildman–Crippen LogP) is 4.43. The number of aromatic nitrogens is 2. The molecule has 1 saturated carbocycles. The lowest BCUT2D eigenvalue weighted by molar-refractivity contribution is -0.221. The van der Waals surface area contributed by atoms with Gasteiger partial charge in [0.25, 0.3) is 5.91 Å². The molecule has 1 amide bonds. The number of benzene rings is 1. The van der Waals surface area contributed by atoms with Crippen LogP contribution in [-0.4, -0.2) is 33.1 Å². The number of nitrogens with one attached hydrogen (secondary N) is 1. The van der Waals surface area contributed by atoms with Crippen molar-refractivity contribution >= 4 is 17.4 Å². The van der Waals surface area contributed by atoms with Crippen LogP contribution in [0.25, 0.3) is 0 Å². The highest BCUT2D eigenvalue weighted by Crippen LogP contribution is 2.37. The van der Waals surface area contributed by atoms with E-state index in [2.05, 4.69) is 10.4 Å². The van der Waals surface area contributed by atoms with Crippen molar-refractivity contribution in [2.75, 3.05) is 5.32 Å². The second-order valence-electron chi connectivity index (χ2n) is 8.40. The quantitative estimate of drug-likeness (QED) is 0.640. The van der Waals surface area contributed by atoms with Crippen molar-refractivity contribution in [2.24, 2.45) is 5.73 Å². The predicted molar refractivity (Wildman–Crippen MR) is 108 cm³/mol. The van der Waals surface area contributed by atoms with Crippen LogP contribution >= 0.6 is 0 Å². The Morgan fingerprint density at radius 1 is 1.20 bits per heavy atom. The SMILES string of the molecule is CC(C)(c1ccc(Nc2nn(C3CCCCC3)cc2C(N)=O)cc1)C(O)C(F)(F)F. The number of hydrogen-bond acceptors (Lipinski definition) is 4. The Morgan fingerprint density at radius 2 is 1.80 bits per heavy atom. The molecular weight excluding hydrogens is 397 g/mol. The molecule has 0 saturated heterocycles. The third kappa shape index (κ3) is 4.61. The minimum absolute atomic E-state index is 0.222. The molecule has 3 rings (SSSR count). The molecular formula is C21H27F3N4O2. The average molecular weight is 424 g/mol. The van der Waals surface area contributed by atoms with Gasteiger partial charge in [-0.2, -0.15) is 18.3 Å². The summed E-state index contributed by atoms with van der Waals surface area (Å²) in [4.78, 5) is 11.9. The van der Waals surface area contributed by atoms with Crippen LogP contribution in [0.15, 0.2) is 30.5 Å². The first-order valence-corrected chi connectivity index (χ1v) is 10.0. The summed E-state index contributed by atoms with van der Waals surface area (Å²) in [5.41, 5.74) is 5.13. The van der Waals surface area contributed by atoms with Crippen LogP contribution in [-0.2, 0) is 5.41 Å². The third-order valence-corrected chi connectivity index (χ3v) is 5.83. The monoisotopic (exact) mass is 424 g/mol. The number of aliphatic hydroxyl groups is 1. The lowest BCUT2D eigenvalue weighted by atomic mass is 9.79. The van der Waals surface area contributed by atoms with Crippen molar-refractivity contribution in [3.8, 4) is 0 Å². The molecule has 30 heavy (non-hydrogen) atoms. The van der Waals surface area contributed by atoms with Gasteiger partial charge in [0.2, 0.25) is 0 Å².